The van der Waals surface area contributed by atoms with E-state index >= 15 is 0 Å². The summed E-state index contributed by atoms with van der Waals surface area (Å²) in [4.78, 5) is 12.4. The molecule has 1 amide bonds. The Morgan fingerprint density at radius 1 is 1.08 bits per heavy atom. The molecule has 1 heterocycles. The molecule has 25 heavy (non-hydrogen) atoms. The number of hydrogen-bond donors (Lipinski definition) is 1. The van der Waals surface area contributed by atoms with Crippen molar-refractivity contribution in [2.75, 3.05) is 0 Å². The van der Waals surface area contributed by atoms with E-state index in [0.29, 0.717) is 12.1 Å². The summed E-state index contributed by atoms with van der Waals surface area (Å²) in [6.45, 7) is 0.473. The molecule has 0 saturated carbocycles. The first-order valence-corrected chi connectivity index (χ1v) is 7.87. The van der Waals surface area contributed by atoms with Crippen molar-refractivity contribution in [1.82, 2.24) is 15.1 Å². The smallest absolute Gasteiger partial charge is 0.224 e. The van der Waals surface area contributed by atoms with Crippen molar-refractivity contribution in [2.45, 2.75) is 19.0 Å². The number of rotatable bonds is 6. The molecule has 0 fully saturated rings. The molecule has 0 aliphatic carbocycles. The van der Waals surface area contributed by atoms with Crippen molar-refractivity contribution in [3.63, 3.8) is 0 Å². The highest BCUT2D eigenvalue weighted by atomic mass is 19.2. The van der Waals surface area contributed by atoms with E-state index in [2.05, 4.69) is 10.4 Å². The second-order valence-electron chi connectivity index (χ2n) is 5.68. The molecule has 1 aromatic heterocycles. The number of hydrogen-bond acceptors (Lipinski definition) is 2. The summed E-state index contributed by atoms with van der Waals surface area (Å²) in [5, 5.41) is 7.11. The first-order valence-electron chi connectivity index (χ1n) is 7.87. The van der Waals surface area contributed by atoms with Crippen LogP contribution in [0.2, 0.25) is 0 Å². The van der Waals surface area contributed by atoms with Crippen molar-refractivity contribution >= 4 is 5.91 Å². The zero-order valence-electron chi connectivity index (χ0n) is 13.4. The molecule has 128 valence electrons. The maximum Gasteiger partial charge on any atom is 0.224 e. The van der Waals surface area contributed by atoms with Crippen LogP contribution in [0.5, 0.6) is 0 Å². The molecule has 0 unspecified atom stereocenters. The Morgan fingerprint density at radius 3 is 2.56 bits per heavy atom. The van der Waals surface area contributed by atoms with Gasteiger partial charge in [0.05, 0.1) is 19.0 Å². The zero-order chi connectivity index (χ0) is 17.6. The van der Waals surface area contributed by atoms with Crippen LogP contribution in [0.4, 0.5) is 8.78 Å². The van der Waals surface area contributed by atoms with Gasteiger partial charge >= 0.3 is 0 Å². The predicted octanol–water partition coefficient (Wildman–Crippen LogP) is 3.26. The third kappa shape index (κ3) is 4.50. The lowest BCUT2D eigenvalue weighted by Crippen LogP contribution is -2.32. The van der Waals surface area contributed by atoms with E-state index in [4.69, 9.17) is 0 Å². The Hall–Kier alpha value is -3.02. The van der Waals surface area contributed by atoms with Crippen LogP contribution < -0.4 is 5.32 Å². The van der Waals surface area contributed by atoms with E-state index in [1.54, 1.807) is 10.9 Å². The Labute approximate surface area is 144 Å². The van der Waals surface area contributed by atoms with E-state index in [1.807, 2.05) is 42.6 Å². The third-order valence-electron chi connectivity index (χ3n) is 3.81. The van der Waals surface area contributed by atoms with Crippen molar-refractivity contribution in [1.29, 1.82) is 0 Å². The fourth-order valence-corrected chi connectivity index (χ4v) is 2.60. The largest absolute Gasteiger partial charge is 0.347 e. The normalized spacial score (nSPS) is 11.9. The number of aromatic nitrogens is 2. The highest BCUT2D eigenvalue weighted by molar-refractivity contribution is 5.79. The molecule has 3 rings (SSSR count). The van der Waals surface area contributed by atoms with Crippen LogP contribution in [0.1, 0.15) is 17.2 Å². The lowest BCUT2D eigenvalue weighted by Gasteiger charge is -2.19. The Morgan fingerprint density at radius 2 is 1.88 bits per heavy atom. The molecule has 0 spiro atoms. The van der Waals surface area contributed by atoms with Gasteiger partial charge in [-0.25, -0.2) is 8.78 Å². The zero-order valence-corrected chi connectivity index (χ0v) is 13.4. The second-order valence-corrected chi connectivity index (χ2v) is 5.68. The van der Waals surface area contributed by atoms with Crippen LogP contribution in [-0.2, 0) is 17.8 Å². The van der Waals surface area contributed by atoms with Gasteiger partial charge in [-0.3, -0.25) is 9.48 Å². The number of carbonyl (C=O) groups excluding carboxylic acids is 1. The van der Waals surface area contributed by atoms with Crippen LogP contribution >= 0.6 is 0 Å². The molecule has 0 bridgehead atoms. The predicted molar refractivity (Wildman–Crippen MR) is 89.6 cm³/mol. The van der Waals surface area contributed by atoms with Gasteiger partial charge in [0.15, 0.2) is 11.6 Å². The number of amides is 1. The summed E-state index contributed by atoms with van der Waals surface area (Å²) in [6, 6.07) is 14.5. The van der Waals surface area contributed by atoms with Crippen LogP contribution in [0, 0.1) is 11.6 Å². The minimum absolute atomic E-state index is 0.0281. The van der Waals surface area contributed by atoms with Gasteiger partial charge in [0.25, 0.3) is 0 Å². The number of carbonyl (C=O) groups is 1. The number of halogens is 2. The highest BCUT2D eigenvalue weighted by Gasteiger charge is 2.16. The van der Waals surface area contributed by atoms with E-state index in [0.717, 1.165) is 17.7 Å². The maximum atomic E-state index is 13.3. The van der Waals surface area contributed by atoms with Gasteiger partial charge in [-0.15, -0.1) is 0 Å². The van der Waals surface area contributed by atoms with Gasteiger partial charge in [0.2, 0.25) is 5.91 Å². The minimum Gasteiger partial charge on any atom is -0.347 e. The summed E-state index contributed by atoms with van der Waals surface area (Å²) in [5.41, 5.74) is 1.36. The lowest BCUT2D eigenvalue weighted by molar-refractivity contribution is -0.121. The van der Waals surface area contributed by atoms with E-state index in [1.165, 1.54) is 6.07 Å². The van der Waals surface area contributed by atoms with Crippen LogP contribution in [0.25, 0.3) is 0 Å². The fraction of sp³-hybridized carbons (Fsp3) is 0.158. The quantitative estimate of drug-likeness (QED) is 0.748. The Kier molecular flexibility index (Phi) is 5.18. The first-order chi connectivity index (χ1) is 12.1. The van der Waals surface area contributed by atoms with Gasteiger partial charge in [-0.1, -0.05) is 36.4 Å². The highest BCUT2D eigenvalue weighted by Crippen LogP contribution is 2.16. The van der Waals surface area contributed by atoms with Crippen LogP contribution in [0.15, 0.2) is 67.0 Å². The molecule has 0 aliphatic rings. The van der Waals surface area contributed by atoms with Crippen molar-refractivity contribution < 1.29 is 13.6 Å². The van der Waals surface area contributed by atoms with Crippen molar-refractivity contribution in [3.05, 3.63) is 89.8 Å². The molecular weight excluding hydrogens is 324 g/mol. The number of nitrogens with one attached hydrogen (secondary N) is 1. The van der Waals surface area contributed by atoms with Crippen LogP contribution in [-0.4, -0.2) is 15.7 Å². The fourth-order valence-electron chi connectivity index (χ4n) is 2.60. The monoisotopic (exact) mass is 341 g/mol. The average molecular weight is 341 g/mol. The van der Waals surface area contributed by atoms with E-state index in [9.17, 15) is 13.6 Å². The molecule has 1 N–H and O–H groups in total. The third-order valence-corrected chi connectivity index (χ3v) is 3.81. The summed E-state index contributed by atoms with van der Waals surface area (Å²) >= 11 is 0. The molecule has 4 nitrogen and oxygen atoms in total. The van der Waals surface area contributed by atoms with Crippen molar-refractivity contribution in [3.8, 4) is 0 Å². The van der Waals surface area contributed by atoms with Crippen molar-refractivity contribution in [2.24, 2.45) is 0 Å². The molecule has 6 heteroatoms. The number of benzene rings is 2. The van der Waals surface area contributed by atoms with Gasteiger partial charge in [0, 0.05) is 12.4 Å². The summed E-state index contributed by atoms with van der Waals surface area (Å²) < 4.78 is 28.0. The summed E-state index contributed by atoms with van der Waals surface area (Å²) in [6.07, 6.45) is 3.46. The minimum atomic E-state index is -0.957. The van der Waals surface area contributed by atoms with E-state index in [-0.39, 0.29) is 18.4 Å². The van der Waals surface area contributed by atoms with Crippen LogP contribution in [0.3, 0.4) is 0 Å². The molecule has 2 aromatic carbocycles. The van der Waals surface area contributed by atoms with Gasteiger partial charge in [-0.2, -0.15) is 5.10 Å². The first kappa shape index (κ1) is 16.8. The molecule has 3 aromatic rings. The molecule has 0 saturated heterocycles. The van der Waals surface area contributed by atoms with Gasteiger partial charge < -0.3 is 5.32 Å². The summed E-state index contributed by atoms with van der Waals surface area (Å²) in [7, 11) is 0. The number of nitrogens with zero attached hydrogens (tertiary/aromatic N) is 2. The molecule has 1 atom stereocenters. The standard InChI is InChI=1S/C19H17F2N3O/c20-16-8-7-14(11-17(16)21)12-19(25)23-18(13-24-10-4-9-22-24)15-5-2-1-3-6-15/h1-11,18H,12-13H2,(H,23,25)/t18-/m1/s1. The molecule has 0 radical (unpaired) electrons. The topological polar surface area (TPSA) is 46.9 Å². The SMILES string of the molecule is O=C(Cc1ccc(F)c(F)c1)N[C@H](Cn1cccn1)c1ccccc1. The van der Waals surface area contributed by atoms with Gasteiger partial charge in [-0.05, 0) is 29.3 Å². The second kappa shape index (κ2) is 7.70. The summed E-state index contributed by atoms with van der Waals surface area (Å²) in [5.74, 6) is -2.15. The maximum absolute atomic E-state index is 13.3. The van der Waals surface area contributed by atoms with E-state index < -0.39 is 11.6 Å². The lowest BCUT2D eigenvalue weighted by atomic mass is 10.1. The average Bonchev–Trinajstić information content (AvgIpc) is 3.11. The molecular formula is C19H17F2N3O. The Balaban J connectivity index is 1.72. The Bertz CT molecular complexity index is 835. The molecule has 0 aliphatic heterocycles. The van der Waals surface area contributed by atoms with Gasteiger partial charge in [0.1, 0.15) is 0 Å².